The Morgan fingerprint density at radius 1 is 0.923 bits per heavy atom. The SMILES string of the molecule is O=C(NCc1cccc(Cl)c1)Nc1cccc(NC(=O)c2cccs2)c1. The van der Waals surface area contributed by atoms with Gasteiger partial charge in [0.05, 0.1) is 4.88 Å². The van der Waals surface area contributed by atoms with E-state index < -0.39 is 0 Å². The summed E-state index contributed by atoms with van der Waals surface area (Å²) in [4.78, 5) is 24.8. The minimum absolute atomic E-state index is 0.178. The number of nitrogens with one attached hydrogen (secondary N) is 3. The molecule has 0 spiro atoms. The van der Waals surface area contributed by atoms with Crippen LogP contribution in [0.1, 0.15) is 15.2 Å². The van der Waals surface area contributed by atoms with Crippen LogP contribution < -0.4 is 16.0 Å². The number of thiophene rings is 1. The van der Waals surface area contributed by atoms with E-state index >= 15 is 0 Å². The highest BCUT2D eigenvalue weighted by Gasteiger charge is 2.08. The van der Waals surface area contributed by atoms with Crippen LogP contribution in [0.4, 0.5) is 16.2 Å². The molecular weight excluding hydrogens is 370 g/mol. The number of hydrogen-bond acceptors (Lipinski definition) is 3. The number of halogens is 1. The van der Waals surface area contributed by atoms with Crippen LogP contribution in [0.15, 0.2) is 66.0 Å². The van der Waals surface area contributed by atoms with Crippen molar-refractivity contribution >= 4 is 46.3 Å². The van der Waals surface area contributed by atoms with Crippen LogP contribution in [0.3, 0.4) is 0 Å². The van der Waals surface area contributed by atoms with Gasteiger partial charge in [-0.2, -0.15) is 0 Å². The lowest BCUT2D eigenvalue weighted by atomic mass is 10.2. The van der Waals surface area contributed by atoms with Crippen molar-refractivity contribution in [3.63, 3.8) is 0 Å². The molecule has 2 aromatic carbocycles. The van der Waals surface area contributed by atoms with Crippen molar-refractivity contribution in [3.05, 3.63) is 81.5 Å². The minimum atomic E-state index is -0.341. The molecule has 5 nitrogen and oxygen atoms in total. The van der Waals surface area contributed by atoms with Crippen molar-refractivity contribution in [1.29, 1.82) is 0 Å². The molecule has 132 valence electrons. The Morgan fingerprint density at radius 3 is 2.42 bits per heavy atom. The fourth-order valence-electron chi connectivity index (χ4n) is 2.28. The van der Waals surface area contributed by atoms with Gasteiger partial charge < -0.3 is 16.0 Å². The fourth-order valence-corrected chi connectivity index (χ4v) is 3.11. The number of benzene rings is 2. The summed E-state index contributed by atoms with van der Waals surface area (Å²) in [6, 6.07) is 17.5. The molecule has 0 aliphatic rings. The maximum absolute atomic E-state index is 12.1. The summed E-state index contributed by atoms with van der Waals surface area (Å²) < 4.78 is 0. The smallest absolute Gasteiger partial charge is 0.319 e. The molecule has 3 rings (SSSR count). The molecule has 1 aromatic heterocycles. The van der Waals surface area contributed by atoms with Crippen molar-refractivity contribution in [1.82, 2.24) is 5.32 Å². The van der Waals surface area contributed by atoms with Gasteiger partial charge in [0.1, 0.15) is 0 Å². The lowest BCUT2D eigenvalue weighted by Crippen LogP contribution is -2.28. The van der Waals surface area contributed by atoms with Crippen LogP contribution in [-0.2, 0) is 6.54 Å². The lowest BCUT2D eigenvalue weighted by Gasteiger charge is -2.10. The van der Waals surface area contributed by atoms with E-state index in [-0.39, 0.29) is 11.9 Å². The molecule has 0 unspecified atom stereocenters. The second-order valence-corrected chi connectivity index (χ2v) is 6.83. The van der Waals surface area contributed by atoms with Gasteiger partial charge in [-0.15, -0.1) is 11.3 Å². The second kappa shape index (κ2) is 8.51. The van der Waals surface area contributed by atoms with Crippen LogP contribution >= 0.6 is 22.9 Å². The normalized spacial score (nSPS) is 10.2. The average Bonchev–Trinajstić information content (AvgIpc) is 3.15. The van der Waals surface area contributed by atoms with E-state index in [2.05, 4.69) is 16.0 Å². The third-order valence-electron chi connectivity index (χ3n) is 3.47. The topological polar surface area (TPSA) is 70.2 Å². The Morgan fingerprint density at radius 2 is 1.69 bits per heavy atom. The summed E-state index contributed by atoms with van der Waals surface area (Å²) in [5, 5.41) is 10.8. The molecule has 7 heteroatoms. The Balaban J connectivity index is 1.56. The van der Waals surface area contributed by atoms with Gasteiger partial charge in [-0.3, -0.25) is 4.79 Å². The maximum Gasteiger partial charge on any atom is 0.319 e. The van der Waals surface area contributed by atoms with E-state index in [9.17, 15) is 9.59 Å². The third kappa shape index (κ3) is 5.08. The summed E-state index contributed by atoms with van der Waals surface area (Å²) >= 11 is 7.29. The predicted octanol–water partition coefficient (Wildman–Crippen LogP) is 4.98. The second-order valence-electron chi connectivity index (χ2n) is 5.45. The molecule has 26 heavy (non-hydrogen) atoms. The van der Waals surface area contributed by atoms with Crippen molar-refractivity contribution < 1.29 is 9.59 Å². The number of anilines is 2. The number of rotatable bonds is 5. The third-order valence-corrected chi connectivity index (χ3v) is 4.57. The van der Waals surface area contributed by atoms with E-state index in [1.807, 2.05) is 23.6 Å². The number of carbonyl (C=O) groups is 2. The molecular formula is C19H16ClN3O2S. The highest BCUT2D eigenvalue weighted by Crippen LogP contribution is 2.17. The zero-order valence-corrected chi connectivity index (χ0v) is 15.2. The predicted molar refractivity (Wildman–Crippen MR) is 106 cm³/mol. The van der Waals surface area contributed by atoms with Crippen LogP contribution in [0.25, 0.3) is 0 Å². The number of hydrogen-bond donors (Lipinski definition) is 3. The number of amides is 3. The zero-order chi connectivity index (χ0) is 18.4. The molecule has 0 saturated heterocycles. The maximum atomic E-state index is 12.1. The van der Waals surface area contributed by atoms with Crippen LogP contribution in [0, 0.1) is 0 Å². The van der Waals surface area contributed by atoms with Gasteiger partial charge >= 0.3 is 6.03 Å². The molecule has 1 heterocycles. The minimum Gasteiger partial charge on any atom is -0.334 e. The largest absolute Gasteiger partial charge is 0.334 e. The Kier molecular flexibility index (Phi) is 5.88. The van der Waals surface area contributed by atoms with Gasteiger partial charge in [-0.1, -0.05) is 35.9 Å². The molecule has 3 amide bonds. The summed E-state index contributed by atoms with van der Waals surface area (Å²) in [5.74, 6) is -0.178. The molecule has 0 radical (unpaired) electrons. The van der Waals surface area contributed by atoms with Gasteiger partial charge in [0.15, 0.2) is 0 Å². The van der Waals surface area contributed by atoms with Gasteiger partial charge in [0.2, 0.25) is 0 Å². The summed E-state index contributed by atoms with van der Waals surface area (Å²) in [6.45, 7) is 0.362. The highest BCUT2D eigenvalue weighted by atomic mass is 35.5. The van der Waals surface area contributed by atoms with Crippen molar-refractivity contribution in [3.8, 4) is 0 Å². The van der Waals surface area contributed by atoms with Crippen molar-refractivity contribution in [2.45, 2.75) is 6.54 Å². The summed E-state index contributed by atoms with van der Waals surface area (Å²) in [6.07, 6.45) is 0. The quantitative estimate of drug-likeness (QED) is 0.580. The summed E-state index contributed by atoms with van der Waals surface area (Å²) in [7, 11) is 0. The van der Waals surface area contributed by atoms with Crippen LogP contribution in [-0.4, -0.2) is 11.9 Å². The molecule has 3 aromatic rings. The van der Waals surface area contributed by atoms with Crippen molar-refractivity contribution in [2.24, 2.45) is 0 Å². The van der Waals surface area contributed by atoms with E-state index in [0.717, 1.165) is 5.56 Å². The standard InChI is InChI=1S/C19H16ClN3O2S/c20-14-5-1-4-13(10-14)12-21-19(25)23-16-7-2-6-15(11-16)22-18(24)17-8-3-9-26-17/h1-11H,12H2,(H,22,24)(H2,21,23,25). The van der Waals surface area contributed by atoms with Gasteiger partial charge in [0, 0.05) is 22.9 Å². The molecule has 0 fully saturated rings. The summed E-state index contributed by atoms with van der Waals surface area (Å²) in [5.41, 5.74) is 2.10. The van der Waals surface area contributed by atoms with E-state index in [4.69, 9.17) is 11.6 Å². The first-order chi connectivity index (χ1) is 12.6. The molecule has 0 aliphatic heterocycles. The van der Waals surface area contributed by atoms with Gasteiger partial charge in [-0.05, 0) is 47.3 Å². The highest BCUT2D eigenvalue weighted by molar-refractivity contribution is 7.12. The average molecular weight is 386 g/mol. The van der Waals surface area contributed by atoms with E-state index in [0.29, 0.717) is 27.8 Å². The number of urea groups is 1. The Labute approximate surface area is 160 Å². The first kappa shape index (κ1) is 18.0. The molecule has 3 N–H and O–H groups in total. The molecule has 0 aliphatic carbocycles. The Bertz CT molecular complexity index is 913. The monoisotopic (exact) mass is 385 g/mol. The first-order valence-corrected chi connectivity index (χ1v) is 9.10. The number of carbonyl (C=O) groups excluding carboxylic acids is 2. The molecule has 0 atom stereocenters. The zero-order valence-electron chi connectivity index (χ0n) is 13.7. The van der Waals surface area contributed by atoms with Crippen LogP contribution in [0.5, 0.6) is 0 Å². The van der Waals surface area contributed by atoms with Gasteiger partial charge in [-0.25, -0.2) is 4.79 Å². The van der Waals surface area contributed by atoms with Crippen LogP contribution in [0.2, 0.25) is 5.02 Å². The van der Waals surface area contributed by atoms with Gasteiger partial charge in [0.25, 0.3) is 5.91 Å². The van der Waals surface area contributed by atoms with E-state index in [1.54, 1.807) is 42.5 Å². The fraction of sp³-hybridized carbons (Fsp3) is 0.0526. The lowest BCUT2D eigenvalue weighted by molar-refractivity contribution is 0.103. The molecule has 0 saturated carbocycles. The van der Waals surface area contributed by atoms with E-state index in [1.165, 1.54) is 11.3 Å². The Hall–Kier alpha value is -2.83. The molecule has 0 bridgehead atoms. The van der Waals surface area contributed by atoms with Crippen molar-refractivity contribution in [2.75, 3.05) is 10.6 Å². The first-order valence-electron chi connectivity index (χ1n) is 7.84.